The van der Waals surface area contributed by atoms with Crippen LogP contribution in [0.1, 0.15) is 67.7 Å². The summed E-state index contributed by atoms with van der Waals surface area (Å²) in [5, 5.41) is 24.4. The number of nitrogens with one attached hydrogen (secondary N) is 1. The molecule has 7 nitrogen and oxygen atoms in total. The Bertz CT molecular complexity index is 1000. The molecule has 4 rings (SSSR count). The van der Waals surface area contributed by atoms with Crippen LogP contribution in [0.15, 0.2) is 16.6 Å². The van der Waals surface area contributed by atoms with E-state index in [1.165, 1.54) is 60.1 Å². The molecule has 0 radical (unpaired) electrons. The standard InChI is InChI=1S/C20H26N6OS3/c1-12(2)15-9-14(10-28-15)17-22-25-20(26(17)3)29-11-16(27)21-19-24-23-18(30-19)13-7-5-4-6-8-13/h9-10,12-13H,4-8,11H2,1-3H3,(H,21,24,27). The molecule has 3 heterocycles. The van der Waals surface area contributed by atoms with Crippen molar-refractivity contribution < 1.29 is 4.79 Å². The van der Waals surface area contributed by atoms with Crippen molar-refractivity contribution in [1.82, 2.24) is 25.0 Å². The van der Waals surface area contributed by atoms with E-state index in [1.54, 1.807) is 11.3 Å². The normalized spacial score (nSPS) is 15.1. The molecular formula is C20H26N6OS3. The van der Waals surface area contributed by atoms with Gasteiger partial charge in [0.15, 0.2) is 11.0 Å². The fourth-order valence-electron chi connectivity index (χ4n) is 3.55. The van der Waals surface area contributed by atoms with Crippen LogP contribution in [0.25, 0.3) is 11.4 Å². The number of rotatable bonds is 7. The molecular weight excluding hydrogens is 436 g/mol. The lowest BCUT2D eigenvalue weighted by Gasteiger charge is -2.18. The molecule has 0 bridgehead atoms. The number of thioether (sulfide) groups is 1. The summed E-state index contributed by atoms with van der Waals surface area (Å²) in [6, 6.07) is 2.17. The van der Waals surface area contributed by atoms with Crippen LogP contribution in [0.2, 0.25) is 0 Å². The predicted octanol–water partition coefficient (Wildman–Crippen LogP) is 5.30. The Hall–Kier alpha value is -1.78. The van der Waals surface area contributed by atoms with E-state index in [0.29, 0.717) is 17.0 Å². The minimum atomic E-state index is -0.103. The van der Waals surface area contributed by atoms with E-state index < -0.39 is 0 Å². The molecule has 0 saturated heterocycles. The molecule has 30 heavy (non-hydrogen) atoms. The highest BCUT2D eigenvalue weighted by molar-refractivity contribution is 7.99. The molecule has 1 fully saturated rings. The third kappa shape index (κ3) is 4.92. The maximum atomic E-state index is 12.4. The lowest BCUT2D eigenvalue weighted by atomic mass is 9.90. The third-order valence-electron chi connectivity index (χ3n) is 5.26. The van der Waals surface area contributed by atoms with Crippen molar-refractivity contribution >= 4 is 45.5 Å². The van der Waals surface area contributed by atoms with Gasteiger partial charge in [-0.2, -0.15) is 0 Å². The molecule has 1 aliphatic carbocycles. The van der Waals surface area contributed by atoms with E-state index in [4.69, 9.17) is 0 Å². The molecule has 160 valence electrons. The molecule has 10 heteroatoms. The summed E-state index contributed by atoms with van der Waals surface area (Å²) in [6.45, 7) is 4.37. The van der Waals surface area contributed by atoms with Crippen LogP contribution in [0.3, 0.4) is 0 Å². The van der Waals surface area contributed by atoms with Crippen LogP contribution in [-0.2, 0) is 11.8 Å². The second kappa shape index (κ2) is 9.57. The molecule has 0 spiro atoms. The van der Waals surface area contributed by atoms with Crippen molar-refractivity contribution in [2.24, 2.45) is 7.05 Å². The van der Waals surface area contributed by atoms with Gasteiger partial charge in [-0.3, -0.25) is 10.1 Å². The van der Waals surface area contributed by atoms with E-state index in [2.05, 4.69) is 51.0 Å². The lowest BCUT2D eigenvalue weighted by Crippen LogP contribution is -2.14. The first-order valence-corrected chi connectivity index (χ1v) is 12.9. The monoisotopic (exact) mass is 462 g/mol. The minimum Gasteiger partial charge on any atom is -0.305 e. The Kier molecular flexibility index (Phi) is 6.84. The molecule has 3 aromatic rings. The summed E-state index contributed by atoms with van der Waals surface area (Å²) in [4.78, 5) is 13.7. The molecule has 0 atom stereocenters. The van der Waals surface area contributed by atoms with E-state index >= 15 is 0 Å². The number of nitrogens with zero attached hydrogens (tertiary/aromatic N) is 5. The van der Waals surface area contributed by atoms with Crippen molar-refractivity contribution in [1.29, 1.82) is 0 Å². The summed E-state index contributed by atoms with van der Waals surface area (Å²) in [5.41, 5.74) is 1.07. The first-order chi connectivity index (χ1) is 14.5. The van der Waals surface area contributed by atoms with Gasteiger partial charge in [0, 0.05) is 28.8 Å². The Morgan fingerprint density at radius 1 is 1.23 bits per heavy atom. The van der Waals surface area contributed by atoms with Crippen LogP contribution in [0.4, 0.5) is 5.13 Å². The van der Waals surface area contributed by atoms with Crippen molar-refractivity contribution in [3.63, 3.8) is 0 Å². The number of amides is 1. The highest BCUT2D eigenvalue weighted by atomic mass is 32.2. The second-order valence-corrected chi connectivity index (χ2v) is 10.8. The molecule has 0 aliphatic heterocycles. The number of carbonyl (C=O) groups is 1. The number of anilines is 1. The zero-order valence-corrected chi connectivity index (χ0v) is 19.9. The van der Waals surface area contributed by atoms with E-state index in [9.17, 15) is 4.79 Å². The first-order valence-electron chi connectivity index (χ1n) is 10.3. The van der Waals surface area contributed by atoms with Crippen LogP contribution in [-0.4, -0.2) is 36.6 Å². The molecule has 0 unspecified atom stereocenters. The molecule has 1 aliphatic rings. The van der Waals surface area contributed by atoms with Gasteiger partial charge in [-0.15, -0.1) is 31.7 Å². The highest BCUT2D eigenvalue weighted by Gasteiger charge is 2.20. The van der Waals surface area contributed by atoms with Gasteiger partial charge in [-0.25, -0.2) is 0 Å². The number of carbonyl (C=O) groups excluding carboxylic acids is 1. The van der Waals surface area contributed by atoms with Crippen LogP contribution in [0.5, 0.6) is 0 Å². The van der Waals surface area contributed by atoms with Crippen LogP contribution in [0, 0.1) is 0 Å². The molecule has 1 amide bonds. The Morgan fingerprint density at radius 2 is 2.03 bits per heavy atom. The van der Waals surface area contributed by atoms with E-state index in [0.717, 1.165) is 21.6 Å². The highest BCUT2D eigenvalue weighted by Crippen LogP contribution is 2.35. The molecule has 3 aromatic heterocycles. The maximum absolute atomic E-state index is 12.4. The Labute approximate surface area is 188 Å². The summed E-state index contributed by atoms with van der Waals surface area (Å²) in [7, 11) is 1.93. The van der Waals surface area contributed by atoms with Crippen LogP contribution >= 0.6 is 34.4 Å². The number of hydrogen-bond acceptors (Lipinski definition) is 8. The van der Waals surface area contributed by atoms with Crippen molar-refractivity contribution in [3.05, 3.63) is 21.3 Å². The summed E-state index contributed by atoms with van der Waals surface area (Å²) >= 11 is 4.62. The summed E-state index contributed by atoms with van der Waals surface area (Å²) in [5.74, 6) is 1.97. The van der Waals surface area contributed by atoms with Gasteiger partial charge in [-0.1, -0.05) is 56.2 Å². The number of thiophene rings is 1. The Balaban J connectivity index is 1.33. The van der Waals surface area contributed by atoms with Gasteiger partial charge in [0.25, 0.3) is 0 Å². The lowest BCUT2D eigenvalue weighted by molar-refractivity contribution is -0.113. The smallest absolute Gasteiger partial charge is 0.236 e. The minimum absolute atomic E-state index is 0.103. The third-order valence-corrected chi connectivity index (χ3v) is 8.51. The predicted molar refractivity (Wildman–Crippen MR) is 123 cm³/mol. The maximum Gasteiger partial charge on any atom is 0.236 e. The largest absolute Gasteiger partial charge is 0.305 e. The van der Waals surface area contributed by atoms with Crippen molar-refractivity contribution in [3.8, 4) is 11.4 Å². The summed E-state index contributed by atoms with van der Waals surface area (Å²) < 4.78 is 1.94. The van der Waals surface area contributed by atoms with Gasteiger partial charge in [-0.05, 0) is 24.8 Å². The molecule has 1 N–H and O–H groups in total. The number of hydrogen-bond donors (Lipinski definition) is 1. The average molecular weight is 463 g/mol. The fraction of sp³-hybridized carbons (Fsp3) is 0.550. The van der Waals surface area contributed by atoms with Crippen LogP contribution < -0.4 is 5.32 Å². The van der Waals surface area contributed by atoms with Crippen molar-refractivity contribution in [2.75, 3.05) is 11.1 Å². The first kappa shape index (κ1) is 21.5. The van der Waals surface area contributed by atoms with E-state index in [1.807, 2.05) is 11.6 Å². The van der Waals surface area contributed by atoms with Gasteiger partial charge < -0.3 is 4.57 Å². The van der Waals surface area contributed by atoms with Crippen molar-refractivity contribution in [2.45, 2.75) is 62.9 Å². The topological polar surface area (TPSA) is 85.6 Å². The Morgan fingerprint density at radius 3 is 2.77 bits per heavy atom. The quantitative estimate of drug-likeness (QED) is 0.480. The van der Waals surface area contributed by atoms with E-state index in [-0.39, 0.29) is 11.7 Å². The zero-order valence-electron chi connectivity index (χ0n) is 17.4. The fourth-order valence-corrected chi connectivity index (χ4v) is 6.09. The van der Waals surface area contributed by atoms with Gasteiger partial charge in [0.05, 0.1) is 5.75 Å². The van der Waals surface area contributed by atoms with Gasteiger partial charge >= 0.3 is 0 Å². The zero-order chi connectivity index (χ0) is 21.1. The van der Waals surface area contributed by atoms with Gasteiger partial charge in [0.1, 0.15) is 5.01 Å². The average Bonchev–Trinajstić information content (AvgIpc) is 3.47. The SMILES string of the molecule is CC(C)c1cc(-c2nnc(SCC(=O)Nc3nnc(C4CCCCC4)s3)n2C)cs1. The van der Waals surface area contributed by atoms with Gasteiger partial charge in [0.2, 0.25) is 11.0 Å². The molecule has 0 aromatic carbocycles. The number of aromatic nitrogens is 5. The summed E-state index contributed by atoms with van der Waals surface area (Å²) in [6.07, 6.45) is 6.18. The second-order valence-electron chi connectivity index (χ2n) is 7.87. The molecule has 1 saturated carbocycles.